The average Bonchev–Trinajstić information content (AvgIpc) is 2.62. The summed E-state index contributed by atoms with van der Waals surface area (Å²) in [5, 5.41) is 10.5. The summed E-state index contributed by atoms with van der Waals surface area (Å²) in [5.74, 6) is 0.0917. The third-order valence-corrected chi connectivity index (χ3v) is 4.17. The van der Waals surface area contributed by atoms with E-state index in [4.69, 9.17) is 0 Å². The van der Waals surface area contributed by atoms with Gasteiger partial charge in [-0.1, -0.05) is 0 Å². The van der Waals surface area contributed by atoms with Gasteiger partial charge in [0.2, 0.25) is 0 Å². The molecule has 0 aliphatic carbocycles. The minimum absolute atomic E-state index is 0.0917. The number of rotatable bonds is 2. The smallest absolute Gasteiger partial charge is 0.153 e. The maximum atomic E-state index is 10.6. The maximum absolute atomic E-state index is 10.6. The zero-order chi connectivity index (χ0) is 10.1. The first-order chi connectivity index (χ1) is 6.76. The molecule has 2 aromatic rings. The van der Waals surface area contributed by atoms with E-state index >= 15 is 0 Å². The second-order valence-electron chi connectivity index (χ2n) is 2.80. The Bertz CT molecular complexity index is 488. The summed E-state index contributed by atoms with van der Waals surface area (Å²) in [5.41, 5.74) is 0.350. The van der Waals surface area contributed by atoms with Crippen molar-refractivity contribution in [1.29, 1.82) is 0 Å². The highest BCUT2D eigenvalue weighted by Crippen LogP contribution is 2.37. The molecular formula is C10H8O2S2. The van der Waals surface area contributed by atoms with Gasteiger partial charge in [-0.2, -0.15) is 0 Å². The number of hydrogen-bond donors (Lipinski definition) is 1. The monoisotopic (exact) mass is 224 g/mol. The van der Waals surface area contributed by atoms with Crippen LogP contribution < -0.4 is 0 Å². The molecule has 0 aliphatic heterocycles. The minimum Gasteiger partial charge on any atom is -0.507 e. The average molecular weight is 224 g/mol. The highest BCUT2D eigenvalue weighted by molar-refractivity contribution is 8.00. The Labute approximate surface area is 89.6 Å². The topological polar surface area (TPSA) is 37.3 Å². The Kier molecular flexibility index (Phi) is 2.48. The molecule has 1 aromatic carbocycles. The van der Waals surface area contributed by atoms with Crippen LogP contribution >= 0.6 is 23.1 Å². The number of thioether (sulfide) groups is 1. The first-order valence-electron chi connectivity index (χ1n) is 4.01. The zero-order valence-corrected chi connectivity index (χ0v) is 9.11. The van der Waals surface area contributed by atoms with Crippen molar-refractivity contribution < 1.29 is 9.90 Å². The lowest BCUT2D eigenvalue weighted by molar-refractivity contribution is 0.112. The number of phenols is 1. The Hall–Kier alpha value is -1.00. The number of hydrogen-bond acceptors (Lipinski definition) is 4. The molecule has 72 valence electrons. The van der Waals surface area contributed by atoms with E-state index in [0.717, 1.165) is 14.3 Å². The quantitative estimate of drug-likeness (QED) is 0.629. The summed E-state index contributed by atoms with van der Waals surface area (Å²) < 4.78 is 2.15. The molecule has 0 saturated heterocycles. The number of aldehydes is 1. The molecule has 4 heteroatoms. The molecule has 2 nitrogen and oxygen atoms in total. The van der Waals surface area contributed by atoms with Crippen LogP contribution in [0, 0.1) is 0 Å². The van der Waals surface area contributed by atoms with Crippen molar-refractivity contribution in [3.63, 3.8) is 0 Å². The van der Waals surface area contributed by atoms with E-state index in [0.29, 0.717) is 11.8 Å². The van der Waals surface area contributed by atoms with Gasteiger partial charge >= 0.3 is 0 Å². The lowest BCUT2D eigenvalue weighted by atomic mass is 10.1. The lowest BCUT2D eigenvalue weighted by Gasteiger charge is -1.96. The van der Waals surface area contributed by atoms with E-state index in [9.17, 15) is 9.90 Å². The van der Waals surface area contributed by atoms with Crippen LogP contribution in [0.1, 0.15) is 10.4 Å². The van der Waals surface area contributed by atoms with Crippen LogP contribution in [-0.4, -0.2) is 17.6 Å². The van der Waals surface area contributed by atoms with Crippen LogP contribution in [0.2, 0.25) is 0 Å². The molecule has 2 rings (SSSR count). The van der Waals surface area contributed by atoms with Crippen LogP contribution in [0.4, 0.5) is 0 Å². The largest absolute Gasteiger partial charge is 0.507 e. The fourth-order valence-corrected chi connectivity index (χ4v) is 2.92. The molecule has 0 atom stereocenters. The minimum atomic E-state index is 0.0917. The summed E-state index contributed by atoms with van der Waals surface area (Å²) >= 11 is 3.25. The van der Waals surface area contributed by atoms with Crippen molar-refractivity contribution in [2.45, 2.75) is 4.21 Å². The molecule has 1 aromatic heterocycles. The normalized spacial score (nSPS) is 10.6. The third kappa shape index (κ3) is 1.40. The SMILES string of the molecule is CSc1cc2c(O)c(C=O)ccc2s1. The predicted octanol–water partition coefficient (Wildman–Crippen LogP) is 3.14. The van der Waals surface area contributed by atoms with Crippen molar-refractivity contribution in [3.05, 3.63) is 23.8 Å². The van der Waals surface area contributed by atoms with E-state index in [1.54, 1.807) is 29.2 Å². The van der Waals surface area contributed by atoms with Crippen molar-refractivity contribution in [1.82, 2.24) is 0 Å². The van der Waals surface area contributed by atoms with Gasteiger partial charge in [0.05, 0.1) is 9.77 Å². The summed E-state index contributed by atoms with van der Waals surface area (Å²) in [6, 6.07) is 5.42. The molecule has 0 fully saturated rings. The van der Waals surface area contributed by atoms with Gasteiger partial charge in [0, 0.05) is 10.1 Å². The highest BCUT2D eigenvalue weighted by atomic mass is 32.2. The fourth-order valence-electron chi connectivity index (χ4n) is 1.29. The van der Waals surface area contributed by atoms with Crippen LogP contribution in [0.5, 0.6) is 5.75 Å². The summed E-state index contributed by atoms with van der Waals surface area (Å²) in [4.78, 5) is 10.6. The van der Waals surface area contributed by atoms with Gasteiger partial charge in [-0.25, -0.2) is 0 Å². The Morgan fingerprint density at radius 2 is 2.29 bits per heavy atom. The molecule has 0 amide bonds. The van der Waals surface area contributed by atoms with Gasteiger partial charge in [-0.05, 0) is 24.5 Å². The number of carbonyl (C=O) groups is 1. The molecule has 1 heterocycles. The van der Waals surface area contributed by atoms with Crippen LogP contribution in [0.3, 0.4) is 0 Å². The maximum Gasteiger partial charge on any atom is 0.153 e. The molecule has 0 radical (unpaired) electrons. The second-order valence-corrected chi connectivity index (χ2v) is 4.99. The lowest BCUT2D eigenvalue weighted by Crippen LogP contribution is -1.79. The number of thiophene rings is 1. The molecule has 0 aliphatic rings. The van der Waals surface area contributed by atoms with Gasteiger partial charge in [0.15, 0.2) is 6.29 Å². The first-order valence-corrected chi connectivity index (χ1v) is 6.05. The van der Waals surface area contributed by atoms with E-state index in [2.05, 4.69) is 0 Å². The van der Waals surface area contributed by atoms with E-state index in [-0.39, 0.29) is 5.75 Å². The van der Waals surface area contributed by atoms with Crippen molar-refractivity contribution >= 4 is 39.5 Å². The molecule has 14 heavy (non-hydrogen) atoms. The first kappa shape index (κ1) is 9.55. The number of aromatic hydroxyl groups is 1. The van der Waals surface area contributed by atoms with Gasteiger partial charge in [-0.15, -0.1) is 23.1 Å². The molecule has 0 saturated carbocycles. The number of benzene rings is 1. The number of carbonyl (C=O) groups excluding carboxylic acids is 1. The van der Waals surface area contributed by atoms with E-state index in [1.165, 1.54) is 0 Å². The van der Waals surface area contributed by atoms with Crippen molar-refractivity contribution in [2.24, 2.45) is 0 Å². The van der Waals surface area contributed by atoms with Gasteiger partial charge in [0.25, 0.3) is 0 Å². The summed E-state index contributed by atoms with van der Waals surface area (Å²) in [7, 11) is 0. The molecule has 0 unspecified atom stereocenters. The zero-order valence-electron chi connectivity index (χ0n) is 7.48. The van der Waals surface area contributed by atoms with Crippen LogP contribution in [0.15, 0.2) is 22.4 Å². The van der Waals surface area contributed by atoms with Gasteiger partial charge < -0.3 is 5.11 Å². The molecule has 0 spiro atoms. The standard InChI is InChI=1S/C10H8O2S2/c1-13-9-4-7-8(14-9)3-2-6(5-11)10(7)12/h2-5,12H,1H3. The summed E-state index contributed by atoms with van der Waals surface area (Å²) in [6.07, 6.45) is 2.66. The fraction of sp³-hybridized carbons (Fsp3) is 0.100. The van der Waals surface area contributed by atoms with Crippen LogP contribution in [-0.2, 0) is 0 Å². The number of fused-ring (bicyclic) bond motifs is 1. The Morgan fingerprint density at radius 1 is 1.50 bits per heavy atom. The highest BCUT2D eigenvalue weighted by Gasteiger charge is 2.08. The van der Waals surface area contributed by atoms with Crippen LogP contribution in [0.25, 0.3) is 10.1 Å². The summed E-state index contributed by atoms with van der Waals surface area (Å²) in [6.45, 7) is 0. The Morgan fingerprint density at radius 3 is 2.93 bits per heavy atom. The van der Waals surface area contributed by atoms with Crippen molar-refractivity contribution in [2.75, 3.05) is 6.26 Å². The van der Waals surface area contributed by atoms with Gasteiger partial charge in [-0.3, -0.25) is 4.79 Å². The van der Waals surface area contributed by atoms with Gasteiger partial charge in [0.1, 0.15) is 5.75 Å². The Balaban J connectivity index is 2.74. The van der Waals surface area contributed by atoms with E-state index in [1.807, 2.05) is 18.4 Å². The predicted molar refractivity (Wildman–Crippen MR) is 60.7 cm³/mol. The van der Waals surface area contributed by atoms with Crippen molar-refractivity contribution in [3.8, 4) is 5.75 Å². The number of phenolic OH excluding ortho intramolecular Hbond substituents is 1. The second kappa shape index (κ2) is 3.63. The van der Waals surface area contributed by atoms with E-state index < -0.39 is 0 Å². The third-order valence-electron chi connectivity index (χ3n) is 2.01. The molecule has 0 bridgehead atoms. The molecular weight excluding hydrogens is 216 g/mol. The molecule has 1 N–H and O–H groups in total.